The van der Waals surface area contributed by atoms with Crippen LogP contribution < -0.4 is 15.6 Å². The highest BCUT2D eigenvalue weighted by Crippen LogP contribution is 2.34. The Kier molecular flexibility index (Phi) is 5.82. The van der Waals surface area contributed by atoms with E-state index in [4.69, 9.17) is 4.74 Å². The molecule has 176 valence electrons. The molecule has 0 radical (unpaired) electrons. The summed E-state index contributed by atoms with van der Waals surface area (Å²) in [4.78, 5) is 19.2. The predicted octanol–water partition coefficient (Wildman–Crippen LogP) is 5.55. The highest BCUT2D eigenvalue weighted by atomic mass is 19.1. The molecular formula is C28H25FN4O2. The van der Waals surface area contributed by atoms with E-state index in [-0.39, 0.29) is 17.5 Å². The first kappa shape index (κ1) is 22.4. The van der Waals surface area contributed by atoms with Gasteiger partial charge < -0.3 is 20.5 Å². The van der Waals surface area contributed by atoms with Gasteiger partial charge in [0.25, 0.3) is 5.91 Å². The lowest BCUT2D eigenvalue weighted by molar-refractivity contribution is 0.0764. The van der Waals surface area contributed by atoms with E-state index in [1.165, 1.54) is 12.1 Å². The summed E-state index contributed by atoms with van der Waals surface area (Å²) in [5, 5.41) is 0. The molecule has 0 bridgehead atoms. The van der Waals surface area contributed by atoms with Crippen LogP contribution in [0.1, 0.15) is 46.5 Å². The molecule has 35 heavy (non-hydrogen) atoms. The summed E-state index contributed by atoms with van der Waals surface area (Å²) >= 11 is 0. The van der Waals surface area contributed by atoms with Crippen molar-refractivity contribution in [2.75, 3.05) is 0 Å². The topological polar surface area (TPSA) is 66.5 Å². The van der Waals surface area contributed by atoms with Crippen molar-refractivity contribution in [1.82, 2.24) is 20.7 Å². The quantitative estimate of drug-likeness (QED) is 0.496. The summed E-state index contributed by atoms with van der Waals surface area (Å²) in [6.07, 6.45) is 5.55. The van der Waals surface area contributed by atoms with Gasteiger partial charge >= 0.3 is 0 Å². The van der Waals surface area contributed by atoms with Gasteiger partial charge in [0.15, 0.2) is 11.6 Å². The van der Waals surface area contributed by atoms with Gasteiger partial charge in [-0.2, -0.15) is 0 Å². The average molecular weight is 469 g/mol. The maximum atomic E-state index is 14.6. The lowest BCUT2D eigenvalue weighted by atomic mass is 10.0. The van der Waals surface area contributed by atoms with E-state index >= 15 is 0 Å². The van der Waals surface area contributed by atoms with Gasteiger partial charge in [0, 0.05) is 36.8 Å². The van der Waals surface area contributed by atoms with E-state index in [0.717, 1.165) is 33.5 Å². The Balaban J connectivity index is 1.33. The SMILES string of the molecule is C=C(C)c1ccc(Oc2nccc3c2C(=O)N(Cc2ccc(C4=CNNC(C)=C4)cc2)C3)c(F)c1. The number of nitrogens with one attached hydrogen (secondary N) is 2. The fourth-order valence-corrected chi connectivity index (χ4v) is 4.16. The van der Waals surface area contributed by atoms with Crippen LogP contribution in [0.4, 0.5) is 4.39 Å². The van der Waals surface area contributed by atoms with Crippen molar-refractivity contribution in [3.05, 3.63) is 113 Å². The van der Waals surface area contributed by atoms with Gasteiger partial charge in [-0.05, 0) is 60.4 Å². The molecule has 7 heteroatoms. The molecule has 0 spiro atoms. The van der Waals surface area contributed by atoms with Gasteiger partial charge in [-0.15, -0.1) is 0 Å². The number of rotatable bonds is 6. The van der Waals surface area contributed by atoms with Crippen molar-refractivity contribution in [1.29, 1.82) is 0 Å². The number of allylic oxidation sites excluding steroid dienone is 4. The molecule has 0 saturated heterocycles. The maximum absolute atomic E-state index is 14.6. The number of hydrazine groups is 1. The summed E-state index contributed by atoms with van der Waals surface area (Å²) in [6, 6.07) is 14.6. The summed E-state index contributed by atoms with van der Waals surface area (Å²) in [5.74, 6) is -0.588. The van der Waals surface area contributed by atoms with Crippen LogP contribution >= 0.6 is 0 Å². The van der Waals surface area contributed by atoms with Gasteiger partial charge in [-0.25, -0.2) is 9.37 Å². The number of hydrogen-bond donors (Lipinski definition) is 2. The van der Waals surface area contributed by atoms with E-state index in [0.29, 0.717) is 24.2 Å². The van der Waals surface area contributed by atoms with Crippen molar-refractivity contribution in [2.45, 2.75) is 26.9 Å². The number of benzene rings is 2. The number of fused-ring (bicyclic) bond motifs is 1. The molecule has 0 atom stereocenters. The molecule has 1 amide bonds. The minimum Gasteiger partial charge on any atom is -0.435 e. The molecule has 0 aliphatic carbocycles. The lowest BCUT2D eigenvalue weighted by Crippen LogP contribution is -2.27. The number of nitrogens with zero attached hydrogens (tertiary/aromatic N) is 2. The summed E-state index contributed by atoms with van der Waals surface area (Å²) < 4.78 is 20.4. The number of amides is 1. The standard InChI is InChI=1S/C28H25FN4O2/c1-17(2)21-8-9-25(24(29)13-21)35-27-26-22(10-11-30-27)16-33(28(26)34)15-19-4-6-20(7-5-19)23-12-18(3)32-31-14-23/h4-14,31-32H,1,15-16H2,2-3H3. The van der Waals surface area contributed by atoms with Crippen LogP contribution in [0.15, 0.2) is 79.3 Å². The number of carbonyl (C=O) groups excluding carboxylic acids is 1. The molecule has 6 nitrogen and oxygen atoms in total. The summed E-state index contributed by atoms with van der Waals surface area (Å²) in [5.41, 5.74) is 12.9. The molecule has 3 aromatic rings. The van der Waals surface area contributed by atoms with E-state index in [1.54, 1.807) is 23.2 Å². The zero-order chi connectivity index (χ0) is 24.5. The summed E-state index contributed by atoms with van der Waals surface area (Å²) in [7, 11) is 0. The van der Waals surface area contributed by atoms with E-state index < -0.39 is 5.82 Å². The number of hydrogen-bond acceptors (Lipinski definition) is 5. The lowest BCUT2D eigenvalue weighted by Gasteiger charge is -2.17. The molecule has 0 saturated carbocycles. The van der Waals surface area contributed by atoms with Crippen molar-refractivity contribution in [3.8, 4) is 11.6 Å². The maximum Gasteiger partial charge on any atom is 0.260 e. The molecular weight excluding hydrogens is 443 g/mol. The fraction of sp³-hybridized carbons (Fsp3) is 0.143. The molecule has 0 unspecified atom stereocenters. The highest BCUT2D eigenvalue weighted by Gasteiger charge is 2.32. The van der Waals surface area contributed by atoms with Crippen molar-refractivity contribution >= 4 is 17.1 Å². The average Bonchev–Trinajstić information content (AvgIpc) is 3.16. The van der Waals surface area contributed by atoms with Gasteiger partial charge in [-0.3, -0.25) is 4.79 Å². The van der Waals surface area contributed by atoms with Crippen LogP contribution in [0.25, 0.3) is 11.1 Å². The Bertz CT molecular complexity index is 1390. The minimum absolute atomic E-state index is 0.0173. The normalized spacial score (nSPS) is 14.5. The zero-order valence-electron chi connectivity index (χ0n) is 19.6. The molecule has 2 aliphatic rings. The minimum atomic E-state index is -0.531. The van der Waals surface area contributed by atoms with Crippen LogP contribution in [0.2, 0.25) is 0 Å². The number of pyridine rings is 1. The van der Waals surface area contributed by atoms with Crippen molar-refractivity contribution in [2.24, 2.45) is 0 Å². The Morgan fingerprint density at radius 2 is 2.00 bits per heavy atom. The third kappa shape index (κ3) is 4.53. The van der Waals surface area contributed by atoms with Gasteiger partial charge in [0.05, 0.1) is 0 Å². The fourth-order valence-electron chi connectivity index (χ4n) is 4.16. The van der Waals surface area contributed by atoms with E-state index in [9.17, 15) is 9.18 Å². The van der Waals surface area contributed by atoms with Crippen molar-refractivity contribution in [3.63, 3.8) is 0 Å². The largest absolute Gasteiger partial charge is 0.435 e. The van der Waals surface area contributed by atoms with Crippen LogP contribution in [-0.2, 0) is 13.1 Å². The van der Waals surface area contributed by atoms with E-state index in [2.05, 4.69) is 28.5 Å². The first-order valence-electron chi connectivity index (χ1n) is 11.3. The number of halogens is 1. The molecule has 1 aromatic heterocycles. The van der Waals surface area contributed by atoms with Crippen molar-refractivity contribution < 1.29 is 13.9 Å². The first-order valence-corrected chi connectivity index (χ1v) is 11.3. The van der Waals surface area contributed by atoms with Crippen LogP contribution in [0.5, 0.6) is 11.6 Å². The predicted molar refractivity (Wildman–Crippen MR) is 133 cm³/mol. The third-order valence-corrected chi connectivity index (χ3v) is 6.03. The number of aromatic nitrogens is 1. The zero-order valence-corrected chi connectivity index (χ0v) is 19.6. The Labute approximate surface area is 203 Å². The molecule has 0 fully saturated rings. The van der Waals surface area contributed by atoms with Crippen LogP contribution in [0.3, 0.4) is 0 Å². The molecule has 3 heterocycles. The van der Waals surface area contributed by atoms with Gasteiger partial charge in [0.2, 0.25) is 5.88 Å². The second-order valence-corrected chi connectivity index (χ2v) is 8.73. The second kappa shape index (κ2) is 9.10. The molecule has 2 aromatic carbocycles. The molecule has 2 N–H and O–H groups in total. The van der Waals surface area contributed by atoms with Crippen LogP contribution in [-0.4, -0.2) is 15.8 Å². The molecule has 5 rings (SSSR count). The first-order chi connectivity index (χ1) is 16.9. The highest BCUT2D eigenvalue weighted by molar-refractivity contribution is 6.00. The Morgan fingerprint density at radius 1 is 1.20 bits per heavy atom. The third-order valence-electron chi connectivity index (χ3n) is 6.03. The second-order valence-electron chi connectivity index (χ2n) is 8.73. The van der Waals surface area contributed by atoms with Gasteiger partial charge in [0.1, 0.15) is 5.56 Å². The van der Waals surface area contributed by atoms with Crippen LogP contribution in [0, 0.1) is 5.82 Å². The Hall–Kier alpha value is -4.39. The monoisotopic (exact) mass is 468 g/mol. The smallest absolute Gasteiger partial charge is 0.260 e. The molecule has 2 aliphatic heterocycles. The summed E-state index contributed by atoms with van der Waals surface area (Å²) in [6.45, 7) is 8.51. The Morgan fingerprint density at radius 3 is 2.71 bits per heavy atom. The number of carbonyl (C=O) groups is 1. The number of ether oxygens (including phenoxy) is 1. The van der Waals surface area contributed by atoms with Gasteiger partial charge in [-0.1, -0.05) is 42.5 Å². The van der Waals surface area contributed by atoms with E-state index in [1.807, 2.05) is 44.3 Å².